The molecule has 0 spiro atoms. The Balaban J connectivity index is 0.00000529. The highest BCUT2D eigenvalue weighted by Gasteiger charge is 2.13. The molecule has 0 aliphatic heterocycles. The molecule has 8 heteroatoms. The Hall–Kier alpha value is -1.71. The number of guanidine groups is 1. The number of halogens is 1. The number of ether oxygens (including phenoxy) is 2. The van der Waals surface area contributed by atoms with Gasteiger partial charge in [0.05, 0.1) is 27.3 Å². The lowest BCUT2D eigenvalue weighted by Gasteiger charge is -2.20. The van der Waals surface area contributed by atoms with Crippen LogP contribution >= 0.6 is 24.0 Å². The first-order valence-electron chi connectivity index (χ1n) is 7.31. The molecule has 0 aromatic heterocycles. The molecule has 0 unspecified atom stereocenters. The van der Waals surface area contributed by atoms with Gasteiger partial charge in [0.1, 0.15) is 0 Å². The van der Waals surface area contributed by atoms with Crippen molar-refractivity contribution in [3.8, 4) is 11.5 Å². The van der Waals surface area contributed by atoms with E-state index >= 15 is 0 Å². The van der Waals surface area contributed by atoms with Crippen molar-refractivity contribution in [3.05, 3.63) is 23.8 Å². The van der Waals surface area contributed by atoms with E-state index in [2.05, 4.69) is 15.6 Å². The molecule has 7 nitrogen and oxygen atoms in total. The lowest BCUT2D eigenvalue weighted by molar-refractivity contribution is -0.121. The van der Waals surface area contributed by atoms with E-state index < -0.39 is 0 Å². The summed E-state index contributed by atoms with van der Waals surface area (Å²) in [5, 5.41) is 5.62. The van der Waals surface area contributed by atoms with E-state index in [0.29, 0.717) is 18.0 Å². The maximum absolute atomic E-state index is 11.7. The van der Waals surface area contributed by atoms with Gasteiger partial charge in [0.2, 0.25) is 5.91 Å². The third-order valence-corrected chi connectivity index (χ3v) is 2.82. The average molecular weight is 450 g/mol. The van der Waals surface area contributed by atoms with Crippen LogP contribution in [-0.4, -0.2) is 38.2 Å². The number of carbonyl (C=O) groups excluding carboxylic acids is 1. The number of benzene rings is 1. The van der Waals surface area contributed by atoms with E-state index in [1.165, 1.54) is 0 Å². The van der Waals surface area contributed by atoms with Gasteiger partial charge in [0, 0.05) is 5.54 Å². The van der Waals surface area contributed by atoms with E-state index in [4.69, 9.17) is 15.2 Å². The predicted molar refractivity (Wildman–Crippen MR) is 106 cm³/mol. The van der Waals surface area contributed by atoms with Gasteiger partial charge in [-0.05, 0) is 38.5 Å². The smallest absolute Gasteiger partial charge is 0.239 e. The van der Waals surface area contributed by atoms with Crippen molar-refractivity contribution in [1.82, 2.24) is 10.6 Å². The Kier molecular flexibility index (Phi) is 9.49. The molecule has 0 aliphatic rings. The lowest BCUT2D eigenvalue weighted by atomic mass is 10.1. The van der Waals surface area contributed by atoms with Crippen molar-refractivity contribution in [1.29, 1.82) is 0 Å². The minimum Gasteiger partial charge on any atom is -0.493 e. The summed E-state index contributed by atoms with van der Waals surface area (Å²) in [5.74, 6) is 1.37. The fourth-order valence-corrected chi connectivity index (χ4v) is 1.84. The van der Waals surface area contributed by atoms with E-state index in [9.17, 15) is 4.79 Å². The van der Waals surface area contributed by atoms with Gasteiger partial charge in [-0.3, -0.25) is 4.79 Å². The summed E-state index contributed by atoms with van der Waals surface area (Å²) in [6, 6.07) is 5.52. The molecule has 0 atom stereocenters. The Morgan fingerprint density at radius 3 is 2.38 bits per heavy atom. The third-order valence-electron chi connectivity index (χ3n) is 2.82. The van der Waals surface area contributed by atoms with Crippen LogP contribution in [-0.2, 0) is 11.3 Å². The molecule has 136 valence electrons. The Bertz CT molecular complexity index is 571. The monoisotopic (exact) mass is 450 g/mol. The molecular formula is C16H27IN4O3. The second kappa shape index (κ2) is 10.2. The lowest BCUT2D eigenvalue weighted by Crippen LogP contribution is -2.47. The number of amides is 1. The molecule has 1 aromatic rings. The summed E-state index contributed by atoms with van der Waals surface area (Å²) in [7, 11) is 3.16. The van der Waals surface area contributed by atoms with Gasteiger partial charge in [-0.25, -0.2) is 4.99 Å². The molecule has 0 radical (unpaired) electrons. The Morgan fingerprint density at radius 2 is 1.83 bits per heavy atom. The summed E-state index contributed by atoms with van der Waals surface area (Å²) in [6.45, 7) is 6.21. The molecule has 1 amide bonds. The molecule has 0 fully saturated rings. The van der Waals surface area contributed by atoms with Crippen LogP contribution in [0.2, 0.25) is 0 Å². The maximum Gasteiger partial charge on any atom is 0.239 e. The molecule has 0 aliphatic carbocycles. The number of hydrogen-bond acceptors (Lipinski definition) is 4. The van der Waals surface area contributed by atoms with Crippen LogP contribution in [0.15, 0.2) is 23.2 Å². The van der Waals surface area contributed by atoms with Crippen LogP contribution in [0.1, 0.15) is 26.3 Å². The fraction of sp³-hybridized carbons (Fsp3) is 0.500. The highest BCUT2D eigenvalue weighted by Crippen LogP contribution is 2.27. The quantitative estimate of drug-likeness (QED) is 0.348. The van der Waals surface area contributed by atoms with Crippen LogP contribution in [0.5, 0.6) is 11.5 Å². The Labute approximate surface area is 160 Å². The van der Waals surface area contributed by atoms with E-state index in [-0.39, 0.29) is 47.9 Å². The van der Waals surface area contributed by atoms with Gasteiger partial charge < -0.3 is 25.8 Å². The summed E-state index contributed by atoms with van der Waals surface area (Å²) >= 11 is 0. The van der Waals surface area contributed by atoms with Gasteiger partial charge in [-0.1, -0.05) is 6.07 Å². The minimum atomic E-state index is -0.273. The molecule has 24 heavy (non-hydrogen) atoms. The molecule has 0 saturated carbocycles. The number of carbonyl (C=O) groups is 1. The first kappa shape index (κ1) is 22.3. The topological polar surface area (TPSA) is 98.0 Å². The van der Waals surface area contributed by atoms with Gasteiger partial charge in [0.25, 0.3) is 0 Å². The second-order valence-corrected chi connectivity index (χ2v) is 6.04. The average Bonchev–Trinajstić information content (AvgIpc) is 2.48. The van der Waals surface area contributed by atoms with Crippen molar-refractivity contribution >= 4 is 35.8 Å². The number of methoxy groups -OCH3 is 2. The predicted octanol–water partition coefficient (Wildman–Crippen LogP) is 1.64. The van der Waals surface area contributed by atoms with E-state index in [1.807, 2.05) is 39.0 Å². The van der Waals surface area contributed by atoms with Crippen molar-refractivity contribution in [2.24, 2.45) is 10.7 Å². The summed E-state index contributed by atoms with van der Waals surface area (Å²) in [6.07, 6.45) is 0. The normalized spacial score (nSPS) is 11.3. The number of aliphatic imine (C=N–C) groups is 1. The zero-order valence-electron chi connectivity index (χ0n) is 14.8. The maximum atomic E-state index is 11.7. The van der Waals surface area contributed by atoms with E-state index in [1.54, 1.807) is 14.2 Å². The number of nitrogens with zero attached hydrogens (tertiary/aromatic N) is 1. The molecule has 1 rings (SSSR count). The highest BCUT2D eigenvalue weighted by atomic mass is 127. The van der Waals surface area contributed by atoms with Gasteiger partial charge in [-0.2, -0.15) is 0 Å². The SMILES string of the molecule is COc1ccc(CN=C(N)NCC(=O)NC(C)(C)C)cc1OC.I. The molecule has 0 bridgehead atoms. The first-order valence-corrected chi connectivity index (χ1v) is 7.31. The molecule has 0 heterocycles. The third kappa shape index (κ3) is 8.23. The van der Waals surface area contributed by atoms with Gasteiger partial charge in [0.15, 0.2) is 17.5 Å². The van der Waals surface area contributed by atoms with Crippen molar-refractivity contribution in [3.63, 3.8) is 0 Å². The zero-order valence-corrected chi connectivity index (χ0v) is 17.1. The summed E-state index contributed by atoms with van der Waals surface area (Å²) in [4.78, 5) is 15.9. The van der Waals surface area contributed by atoms with Gasteiger partial charge >= 0.3 is 0 Å². The number of nitrogens with two attached hydrogens (primary N) is 1. The Morgan fingerprint density at radius 1 is 1.21 bits per heavy atom. The summed E-state index contributed by atoms with van der Waals surface area (Å²) in [5.41, 5.74) is 6.41. The molecule has 0 saturated heterocycles. The largest absolute Gasteiger partial charge is 0.493 e. The van der Waals surface area contributed by atoms with Crippen LogP contribution in [0.25, 0.3) is 0 Å². The van der Waals surface area contributed by atoms with Crippen LogP contribution in [0.3, 0.4) is 0 Å². The molecule has 4 N–H and O–H groups in total. The minimum absolute atomic E-state index is 0. The number of nitrogens with one attached hydrogen (secondary N) is 2. The summed E-state index contributed by atoms with van der Waals surface area (Å²) < 4.78 is 10.4. The fourth-order valence-electron chi connectivity index (χ4n) is 1.84. The van der Waals surface area contributed by atoms with Crippen molar-refractivity contribution in [2.45, 2.75) is 32.9 Å². The van der Waals surface area contributed by atoms with Crippen molar-refractivity contribution < 1.29 is 14.3 Å². The van der Waals surface area contributed by atoms with Gasteiger partial charge in [-0.15, -0.1) is 24.0 Å². The number of rotatable bonds is 6. The molecule has 1 aromatic carbocycles. The second-order valence-electron chi connectivity index (χ2n) is 6.04. The van der Waals surface area contributed by atoms with Crippen LogP contribution < -0.4 is 25.8 Å². The molecular weight excluding hydrogens is 423 g/mol. The van der Waals surface area contributed by atoms with Crippen LogP contribution in [0.4, 0.5) is 0 Å². The number of hydrogen-bond donors (Lipinski definition) is 3. The van der Waals surface area contributed by atoms with E-state index in [0.717, 1.165) is 5.56 Å². The van der Waals surface area contributed by atoms with Crippen molar-refractivity contribution in [2.75, 3.05) is 20.8 Å². The highest BCUT2D eigenvalue weighted by molar-refractivity contribution is 14.0. The standard InChI is InChI=1S/C16H26N4O3.HI/c1-16(2,3)20-14(21)10-19-15(17)18-9-11-6-7-12(22-4)13(8-11)23-5;/h6-8H,9-10H2,1-5H3,(H,20,21)(H3,17,18,19);1H. The zero-order chi connectivity index (χ0) is 17.5. The first-order chi connectivity index (χ1) is 10.7. The van der Waals surface area contributed by atoms with Crippen LogP contribution in [0, 0.1) is 0 Å².